The zero-order chi connectivity index (χ0) is 12.4. The molecule has 0 aromatic rings. The molecular weight excluding hydrogens is 210 g/mol. The van der Waals surface area contributed by atoms with Crippen LogP contribution >= 0.6 is 0 Å². The highest BCUT2D eigenvalue weighted by Crippen LogP contribution is 2.39. The Kier molecular flexibility index (Phi) is 3.11. The van der Waals surface area contributed by atoms with Gasteiger partial charge in [0.25, 0.3) is 5.95 Å². The second-order valence-electron chi connectivity index (χ2n) is 4.46. The van der Waals surface area contributed by atoms with Gasteiger partial charge in [-0.05, 0) is 27.7 Å². The van der Waals surface area contributed by atoms with Crippen molar-refractivity contribution in [3.05, 3.63) is 12.0 Å². The minimum absolute atomic E-state index is 0.366. The molecule has 0 atom stereocenters. The highest BCUT2D eigenvalue weighted by atomic mass is 16.7. The van der Waals surface area contributed by atoms with Crippen molar-refractivity contribution in [3.63, 3.8) is 0 Å². The van der Waals surface area contributed by atoms with Gasteiger partial charge in [-0.2, -0.15) is 5.10 Å². The normalized spacial score (nSPS) is 21.4. The van der Waals surface area contributed by atoms with Gasteiger partial charge in [0.2, 0.25) is 0 Å². The van der Waals surface area contributed by atoms with Crippen LogP contribution in [0.4, 0.5) is 4.79 Å². The third kappa shape index (κ3) is 2.65. The number of allylic oxidation sites excluding steroid dienone is 1. The van der Waals surface area contributed by atoms with Crippen molar-refractivity contribution in [1.29, 1.82) is 0 Å². The lowest BCUT2D eigenvalue weighted by Crippen LogP contribution is -2.41. The van der Waals surface area contributed by atoms with Crippen molar-refractivity contribution in [2.45, 2.75) is 38.9 Å². The van der Waals surface area contributed by atoms with Crippen LogP contribution in [0.1, 0.15) is 27.7 Å². The van der Waals surface area contributed by atoms with E-state index >= 15 is 0 Å². The quantitative estimate of drug-likeness (QED) is 0.546. The van der Waals surface area contributed by atoms with Crippen LogP contribution in [0, 0.1) is 0 Å². The first-order valence-electron chi connectivity index (χ1n) is 4.91. The van der Waals surface area contributed by atoms with Crippen LogP contribution in [0.15, 0.2) is 17.1 Å². The number of carbonyl (C=O) groups excluding carboxylic acids is 1. The van der Waals surface area contributed by atoms with Gasteiger partial charge in [0.1, 0.15) is 11.2 Å². The maximum Gasteiger partial charge on any atom is 0.332 e. The molecule has 1 aliphatic heterocycles. The molecule has 1 fully saturated rings. The van der Waals surface area contributed by atoms with Gasteiger partial charge >= 0.3 is 6.03 Å². The molecule has 90 valence electrons. The Morgan fingerprint density at radius 3 is 2.25 bits per heavy atom. The molecule has 16 heavy (non-hydrogen) atoms. The summed E-state index contributed by atoms with van der Waals surface area (Å²) in [5.74, 6) is 0.366. The van der Waals surface area contributed by atoms with Gasteiger partial charge in [0, 0.05) is 6.08 Å². The van der Waals surface area contributed by atoms with Crippen molar-refractivity contribution in [2.75, 3.05) is 0 Å². The summed E-state index contributed by atoms with van der Waals surface area (Å²) >= 11 is 0. The molecule has 3 N–H and O–H groups in total. The molecule has 0 unspecified atom stereocenters. The number of nitrogens with zero attached hydrogens (tertiary/aromatic N) is 1. The van der Waals surface area contributed by atoms with Gasteiger partial charge in [-0.1, -0.05) is 0 Å². The molecule has 0 spiro atoms. The summed E-state index contributed by atoms with van der Waals surface area (Å²) in [6, 6.07) is -0.719. The molecule has 6 nitrogen and oxygen atoms in total. The second-order valence-corrected chi connectivity index (χ2v) is 4.46. The van der Waals surface area contributed by atoms with Gasteiger partial charge in [0.15, 0.2) is 0 Å². The highest BCUT2D eigenvalue weighted by Gasteiger charge is 2.48. The van der Waals surface area contributed by atoms with E-state index in [1.54, 1.807) is 0 Å². The van der Waals surface area contributed by atoms with Crippen LogP contribution in [0.5, 0.6) is 0 Å². The Bertz CT molecular complexity index is 327. The molecule has 2 amide bonds. The zero-order valence-corrected chi connectivity index (χ0v) is 9.90. The lowest BCUT2D eigenvalue weighted by atomic mass is 9.90. The molecule has 6 heteroatoms. The fourth-order valence-electron chi connectivity index (χ4n) is 1.04. The van der Waals surface area contributed by atoms with Crippen LogP contribution in [0.3, 0.4) is 0 Å². The minimum Gasteiger partial charge on any atom is -0.455 e. The highest BCUT2D eigenvalue weighted by molar-refractivity contribution is 5.76. The molecule has 0 radical (unpaired) electrons. The first-order chi connectivity index (χ1) is 7.24. The SMILES string of the molecule is CC1(C)OC(=CC=NNC(N)=O)OC1(C)C. The number of primary amides is 1. The predicted molar refractivity (Wildman–Crippen MR) is 59.6 cm³/mol. The maximum absolute atomic E-state index is 10.3. The van der Waals surface area contributed by atoms with Crippen LogP contribution in [-0.2, 0) is 9.47 Å². The van der Waals surface area contributed by atoms with Crippen molar-refractivity contribution in [3.8, 4) is 0 Å². The molecule has 0 aromatic heterocycles. The number of rotatable bonds is 2. The number of carbonyl (C=O) groups is 1. The standard InChI is InChI=1S/C10H17N3O3/c1-9(2)10(3,4)16-7(15-9)5-6-12-13-8(11)14/h5-6H,1-4H3,(H3,11,13,14). The number of hydrogen-bond acceptors (Lipinski definition) is 4. The fourth-order valence-corrected chi connectivity index (χ4v) is 1.04. The van der Waals surface area contributed by atoms with E-state index in [9.17, 15) is 4.79 Å². The Labute approximate surface area is 94.5 Å². The van der Waals surface area contributed by atoms with Crippen molar-refractivity contribution < 1.29 is 14.3 Å². The Morgan fingerprint density at radius 1 is 1.31 bits per heavy atom. The number of nitrogens with one attached hydrogen (secondary N) is 1. The number of amides is 2. The van der Waals surface area contributed by atoms with Crippen molar-refractivity contribution in [1.82, 2.24) is 5.43 Å². The molecular formula is C10H17N3O3. The van der Waals surface area contributed by atoms with Gasteiger partial charge in [-0.25, -0.2) is 10.2 Å². The van der Waals surface area contributed by atoms with E-state index < -0.39 is 17.2 Å². The lowest BCUT2D eigenvalue weighted by Gasteiger charge is -2.28. The number of urea groups is 1. The summed E-state index contributed by atoms with van der Waals surface area (Å²) in [5.41, 5.74) is 6.06. The molecule has 0 bridgehead atoms. The lowest BCUT2D eigenvalue weighted by molar-refractivity contribution is 0.00578. The number of hydrogen-bond donors (Lipinski definition) is 2. The van der Waals surface area contributed by atoms with Crippen LogP contribution in [0.25, 0.3) is 0 Å². The Hall–Kier alpha value is -1.72. The van der Waals surface area contributed by atoms with E-state index in [2.05, 4.69) is 10.5 Å². The van der Waals surface area contributed by atoms with Crippen LogP contribution in [-0.4, -0.2) is 23.4 Å². The van der Waals surface area contributed by atoms with E-state index in [-0.39, 0.29) is 0 Å². The second kappa shape index (κ2) is 4.03. The Morgan fingerprint density at radius 2 is 1.81 bits per heavy atom. The molecule has 0 saturated carbocycles. The van der Waals surface area contributed by atoms with E-state index in [0.29, 0.717) is 5.95 Å². The summed E-state index contributed by atoms with van der Waals surface area (Å²) in [5, 5.41) is 3.54. The average Bonchev–Trinajstić information content (AvgIpc) is 2.29. The Balaban J connectivity index is 2.62. The number of ether oxygens (including phenoxy) is 2. The minimum atomic E-state index is -0.719. The van der Waals surface area contributed by atoms with E-state index in [4.69, 9.17) is 15.2 Å². The van der Waals surface area contributed by atoms with E-state index in [0.717, 1.165) is 0 Å². The van der Waals surface area contributed by atoms with Gasteiger partial charge in [-0.3, -0.25) is 0 Å². The fraction of sp³-hybridized carbons (Fsp3) is 0.600. The summed E-state index contributed by atoms with van der Waals surface area (Å²) < 4.78 is 11.1. The number of nitrogens with two attached hydrogens (primary N) is 1. The first-order valence-corrected chi connectivity index (χ1v) is 4.91. The van der Waals surface area contributed by atoms with Crippen molar-refractivity contribution in [2.24, 2.45) is 10.8 Å². The smallest absolute Gasteiger partial charge is 0.332 e. The van der Waals surface area contributed by atoms with E-state index in [1.165, 1.54) is 12.3 Å². The van der Waals surface area contributed by atoms with Gasteiger partial charge in [0.05, 0.1) is 6.21 Å². The summed E-state index contributed by atoms with van der Waals surface area (Å²) in [6.45, 7) is 7.75. The van der Waals surface area contributed by atoms with E-state index in [1.807, 2.05) is 27.7 Å². The third-order valence-electron chi connectivity index (χ3n) is 2.62. The first kappa shape index (κ1) is 12.4. The molecule has 1 aliphatic rings. The summed E-state index contributed by atoms with van der Waals surface area (Å²) in [6.07, 6.45) is 2.87. The van der Waals surface area contributed by atoms with Crippen molar-refractivity contribution >= 4 is 12.2 Å². The van der Waals surface area contributed by atoms with Gasteiger partial charge < -0.3 is 15.2 Å². The number of hydrazone groups is 1. The third-order valence-corrected chi connectivity index (χ3v) is 2.62. The summed E-state index contributed by atoms with van der Waals surface area (Å²) in [4.78, 5) is 10.3. The molecule has 1 saturated heterocycles. The molecule has 1 rings (SSSR count). The largest absolute Gasteiger partial charge is 0.455 e. The predicted octanol–water partition coefficient (Wildman–Crippen LogP) is 1.09. The molecule has 0 aromatic carbocycles. The molecule has 1 heterocycles. The monoisotopic (exact) mass is 227 g/mol. The van der Waals surface area contributed by atoms with Gasteiger partial charge in [-0.15, -0.1) is 0 Å². The topological polar surface area (TPSA) is 85.9 Å². The summed E-state index contributed by atoms with van der Waals surface area (Å²) in [7, 11) is 0. The van der Waals surface area contributed by atoms with Crippen LogP contribution < -0.4 is 11.2 Å². The molecule has 0 aliphatic carbocycles. The van der Waals surface area contributed by atoms with Crippen LogP contribution in [0.2, 0.25) is 0 Å². The average molecular weight is 227 g/mol. The zero-order valence-electron chi connectivity index (χ0n) is 9.90. The maximum atomic E-state index is 10.3.